The van der Waals surface area contributed by atoms with Crippen LogP contribution in [0.3, 0.4) is 0 Å². The minimum Gasteiger partial charge on any atom is -0.300 e. The zero-order valence-corrected chi connectivity index (χ0v) is 3.55. The van der Waals surface area contributed by atoms with Gasteiger partial charge in [0.2, 0.25) is 0 Å². The van der Waals surface area contributed by atoms with Gasteiger partial charge in [-0.05, 0) is 0 Å². The van der Waals surface area contributed by atoms with E-state index in [1.165, 1.54) is 12.2 Å². The number of hydrogen-bond acceptors (Lipinski definition) is 3. The molecule has 3 heteroatoms. The monoisotopic (exact) mass is 91.0 g/mol. The smallest absolute Gasteiger partial charge is 0.0790 e. The van der Waals surface area contributed by atoms with Gasteiger partial charge in [-0.25, -0.2) is 4.72 Å². The van der Waals surface area contributed by atoms with Crippen LogP contribution in [0.25, 0.3) is 0 Å². The lowest BCUT2D eigenvalue weighted by atomic mass is 10.8. The summed E-state index contributed by atoms with van der Waals surface area (Å²) < 4.78 is 7.67. The van der Waals surface area contributed by atoms with E-state index in [1.54, 1.807) is 0 Å². The summed E-state index contributed by atoms with van der Waals surface area (Å²) in [5, 5.41) is 0. The summed E-state index contributed by atoms with van der Waals surface area (Å²) in [5.74, 6) is 0. The molecule has 1 saturated heterocycles. The highest BCUT2D eigenvalue weighted by atomic mass is 32.2. The van der Waals surface area contributed by atoms with E-state index in [0.29, 0.717) is 0 Å². The van der Waals surface area contributed by atoms with Gasteiger partial charge in [0, 0.05) is 6.54 Å². The third-order valence-corrected chi connectivity index (χ3v) is 1.01. The lowest BCUT2D eigenvalue weighted by molar-refractivity contribution is 0.416. The molecule has 1 fully saturated rings. The minimum atomic E-state index is 0.852. The second-order valence-electron chi connectivity index (χ2n) is 0.800. The molecule has 0 bridgehead atoms. The van der Waals surface area contributed by atoms with Crippen molar-refractivity contribution in [3.05, 3.63) is 0 Å². The van der Waals surface area contributed by atoms with E-state index in [0.717, 1.165) is 13.2 Å². The van der Waals surface area contributed by atoms with Gasteiger partial charge >= 0.3 is 0 Å². The summed E-state index contributed by atoms with van der Waals surface area (Å²) in [6.07, 6.45) is 0. The van der Waals surface area contributed by atoms with Crippen LogP contribution in [0.5, 0.6) is 0 Å². The highest BCUT2D eigenvalue weighted by molar-refractivity contribution is 7.92. The highest BCUT2D eigenvalue weighted by Crippen LogP contribution is 1.99. The van der Waals surface area contributed by atoms with Crippen molar-refractivity contribution in [2.75, 3.05) is 13.2 Å². The molecular formula is C2H5NOS. The average molecular weight is 91.1 g/mol. The second kappa shape index (κ2) is 1.64. The molecule has 0 aromatic heterocycles. The molecule has 0 saturated carbocycles. The van der Waals surface area contributed by atoms with Crippen LogP contribution in [-0.4, -0.2) is 13.2 Å². The zero-order valence-electron chi connectivity index (χ0n) is 2.73. The van der Waals surface area contributed by atoms with Crippen molar-refractivity contribution in [1.29, 1.82) is 0 Å². The van der Waals surface area contributed by atoms with Crippen LogP contribution in [0.1, 0.15) is 0 Å². The van der Waals surface area contributed by atoms with Crippen molar-refractivity contribution >= 4 is 12.2 Å². The standard InChI is InChI=1S/C2H5NOS/c1-2-4-5-3-1/h3H,1-2H2. The van der Waals surface area contributed by atoms with Crippen molar-refractivity contribution in [2.45, 2.75) is 0 Å². The molecule has 0 radical (unpaired) electrons. The van der Waals surface area contributed by atoms with Crippen LogP contribution in [-0.2, 0) is 4.18 Å². The number of nitrogens with one attached hydrogen (secondary N) is 1. The molecule has 1 heterocycles. The van der Waals surface area contributed by atoms with E-state index < -0.39 is 0 Å². The maximum Gasteiger partial charge on any atom is 0.0790 e. The van der Waals surface area contributed by atoms with Gasteiger partial charge in [-0.2, -0.15) is 0 Å². The highest BCUT2D eigenvalue weighted by Gasteiger charge is 1.94. The molecule has 1 aliphatic rings. The predicted octanol–water partition coefficient (Wildman–Crippen LogP) is 0.169. The Morgan fingerprint density at radius 1 is 1.80 bits per heavy atom. The van der Waals surface area contributed by atoms with E-state index in [-0.39, 0.29) is 0 Å². The normalized spacial score (nSPS) is 24.0. The fraction of sp³-hybridized carbons (Fsp3) is 1.00. The quantitative estimate of drug-likeness (QED) is 0.339. The van der Waals surface area contributed by atoms with Crippen molar-refractivity contribution in [3.8, 4) is 0 Å². The Balaban J connectivity index is 2.08. The van der Waals surface area contributed by atoms with Gasteiger partial charge in [-0.3, -0.25) is 4.18 Å². The number of hydrogen-bond donors (Lipinski definition) is 1. The molecule has 0 spiro atoms. The Labute approximate surface area is 35.2 Å². The number of rotatable bonds is 0. The maximum atomic E-state index is 4.75. The molecule has 0 aliphatic carbocycles. The molecule has 0 atom stereocenters. The summed E-state index contributed by atoms with van der Waals surface area (Å²) in [4.78, 5) is 0. The second-order valence-corrected chi connectivity index (χ2v) is 1.49. The first-order valence-electron chi connectivity index (χ1n) is 1.51. The SMILES string of the molecule is C1COSN1. The molecule has 0 aromatic carbocycles. The summed E-state index contributed by atoms with van der Waals surface area (Å²) >= 11 is 1.32. The van der Waals surface area contributed by atoms with E-state index in [4.69, 9.17) is 4.18 Å². The largest absolute Gasteiger partial charge is 0.300 e. The Hall–Kier alpha value is 0.270. The van der Waals surface area contributed by atoms with Gasteiger partial charge in [-0.15, -0.1) is 0 Å². The summed E-state index contributed by atoms with van der Waals surface area (Å²) in [6, 6.07) is 0. The third-order valence-electron chi connectivity index (χ3n) is 0.405. The van der Waals surface area contributed by atoms with Crippen LogP contribution < -0.4 is 4.72 Å². The van der Waals surface area contributed by atoms with Gasteiger partial charge in [0.15, 0.2) is 0 Å². The molecular weight excluding hydrogens is 86.1 g/mol. The Morgan fingerprint density at radius 3 is 3.00 bits per heavy atom. The first-order valence-corrected chi connectivity index (χ1v) is 2.25. The van der Waals surface area contributed by atoms with E-state index in [2.05, 4.69) is 4.72 Å². The molecule has 0 amide bonds. The van der Waals surface area contributed by atoms with Crippen LogP contribution >= 0.6 is 12.2 Å². The average Bonchev–Trinajstić information content (AvgIpc) is 1.76. The minimum absolute atomic E-state index is 0.852. The molecule has 1 rings (SSSR count). The first-order chi connectivity index (χ1) is 2.50. The lowest BCUT2D eigenvalue weighted by Crippen LogP contribution is -1.95. The molecule has 0 aromatic rings. The van der Waals surface area contributed by atoms with Crippen LogP contribution in [0.15, 0.2) is 0 Å². The maximum absolute atomic E-state index is 4.75. The fourth-order valence-electron chi connectivity index (χ4n) is 0.208. The van der Waals surface area contributed by atoms with E-state index >= 15 is 0 Å². The molecule has 0 unspecified atom stereocenters. The molecule has 2 nitrogen and oxygen atoms in total. The Bertz CT molecular complexity index is 21.2. The van der Waals surface area contributed by atoms with Crippen molar-refractivity contribution in [3.63, 3.8) is 0 Å². The van der Waals surface area contributed by atoms with E-state index in [1.807, 2.05) is 0 Å². The zero-order chi connectivity index (χ0) is 3.54. The molecule has 1 aliphatic heterocycles. The summed E-state index contributed by atoms with van der Waals surface area (Å²) in [7, 11) is 0. The first kappa shape index (κ1) is 3.46. The van der Waals surface area contributed by atoms with Gasteiger partial charge in [-0.1, -0.05) is 0 Å². The lowest BCUT2D eigenvalue weighted by Gasteiger charge is -1.73. The molecule has 30 valence electrons. The van der Waals surface area contributed by atoms with Gasteiger partial charge in [0.05, 0.1) is 18.8 Å². The van der Waals surface area contributed by atoms with Crippen molar-refractivity contribution < 1.29 is 4.18 Å². The van der Waals surface area contributed by atoms with Gasteiger partial charge < -0.3 is 0 Å². The van der Waals surface area contributed by atoms with Crippen molar-refractivity contribution in [1.82, 2.24) is 4.72 Å². The summed E-state index contributed by atoms with van der Waals surface area (Å²) in [5.41, 5.74) is 0. The fourth-order valence-corrected chi connectivity index (χ4v) is 0.625. The van der Waals surface area contributed by atoms with Crippen LogP contribution in [0.4, 0.5) is 0 Å². The van der Waals surface area contributed by atoms with Gasteiger partial charge in [0.25, 0.3) is 0 Å². The van der Waals surface area contributed by atoms with Crippen LogP contribution in [0.2, 0.25) is 0 Å². The summed E-state index contributed by atoms with van der Waals surface area (Å²) in [6.45, 7) is 1.84. The van der Waals surface area contributed by atoms with Gasteiger partial charge in [0.1, 0.15) is 0 Å². The van der Waals surface area contributed by atoms with Crippen LogP contribution in [0, 0.1) is 0 Å². The third kappa shape index (κ3) is 0.792. The topological polar surface area (TPSA) is 21.3 Å². The Kier molecular flexibility index (Phi) is 1.14. The van der Waals surface area contributed by atoms with E-state index in [9.17, 15) is 0 Å². The molecule has 1 N–H and O–H groups in total. The molecule has 5 heavy (non-hydrogen) atoms. The van der Waals surface area contributed by atoms with Crippen molar-refractivity contribution in [2.24, 2.45) is 0 Å². The predicted molar refractivity (Wildman–Crippen MR) is 21.5 cm³/mol. The Morgan fingerprint density at radius 2 is 2.80 bits per heavy atom.